The SMILES string of the molecule is O=C(O)c1ccc2c(=O)[nH]c(NO)cc2c1. The molecule has 82 valence electrons. The minimum Gasteiger partial charge on any atom is -0.478 e. The second-order valence-corrected chi connectivity index (χ2v) is 3.23. The number of aromatic nitrogens is 1. The van der Waals surface area contributed by atoms with Gasteiger partial charge in [-0.25, -0.2) is 4.79 Å². The zero-order chi connectivity index (χ0) is 11.7. The average Bonchev–Trinajstić information content (AvgIpc) is 2.28. The number of carboxylic acid groups (broad SMARTS) is 1. The first-order chi connectivity index (χ1) is 7.61. The number of aromatic carboxylic acids is 1. The molecule has 0 aliphatic rings. The third-order valence-electron chi connectivity index (χ3n) is 2.21. The largest absolute Gasteiger partial charge is 0.478 e. The van der Waals surface area contributed by atoms with Gasteiger partial charge in [-0.2, -0.15) is 0 Å². The molecule has 1 aromatic heterocycles. The lowest BCUT2D eigenvalue weighted by atomic mass is 10.1. The van der Waals surface area contributed by atoms with Crippen molar-refractivity contribution in [2.24, 2.45) is 0 Å². The predicted molar refractivity (Wildman–Crippen MR) is 56.9 cm³/mol. The van der Waals surface area contributed by atoms with Crippen LogP contribution in [0, 0.1) is 0 Å². The summed E-state index contributed by atoms with van der Waals surface area (Å²) in [5.74, 6) is -0.958. The number of rotatable bonds is 2. The fourth-order valence-electron chi connectivity index (χ4n) is 1.46. The van der Waals surface area contributed by atoms with Gasteiger partial charge in [0, 0.05) is 5.39 Å². The maximum Gasteiger partial charge on any atom is 0.335 e. The zero-order valence-electron chi connectivity index (χ0n) is 8.02. The van der Waals surface area contributed by atoms with E-state index in [-0.39, 0.29) is 11.4 Å². The van der Waals surface area contributed by atoms with Crippen molar-refractivity contribution in [3.05, 3.63) is 40.2 Å². The van der Waals surface area contributed by atoms with E-state index in [0.29, 0.717) is 10.8 Å². The highest BCUT2D eigenvalue weighted by Gasteiger charge is 2.06. The molecule has 0 aliphatic carbocycles. The summed E-state index contributed by atoms with van der Waals surface area (Å²) >= 11 is 0. The number of nitrogens with one attached hydrogen (secondary N) is 2. The molecule has 1 aromatic carbocycles. The Balaban J connectivity index is 2.76. The van der Waals surface area contributed by atoms with Crippen LogP contribution in [0.25, 0.3) is 10.8 Å². The average molecular weight is 220 g/mol. The first kappa shape index (κ1) is 10.2. The molecule has 0 fully saturated rings. The molecule has 0 saturated heterocycles. The summed E-state index contributed by atoms with van der Waals surface area (Å²) in [6.07, 6.45) is 0. The van der Waals surface area contributed by atoms with Gasteiger partial charge < -0.3 is 10.1 Å². The summed E-state index contributed by atoms with van der Waals surface area (Å²) in [7, 11) is 0. The Morgan fingerprint density at radius 3 is 2.69 bits per heavy atom. The Morgan fingerprint density at radius 1 is 1.31 bits per heavy atom. The van der Waals surface area contributed by atoms with Gasteiger partial charge in [0.25, 0.3) is 5.56 Å². The van der Waals surface area contributed by atoms with Gasteiger partial charge in [0.2, 0.25) is 0 Å². The predicted octanol–water partition coefficient (Wildman–Crippen LogP) is 1.03. The standard InChI is InChI=1S/C10H8N2O4/c13-9-7-2-1-5(10(14)15)3-6(7)4-8(11-9)12-16/h1-4,16H,(H,14,15)(H2,11,12,13). The molecule has 0 aliphatic heterocycles. The van der Waals surface area contributed by atoms with Crippen molar-refractivity contribution >= 4 is 22.6 Å². The van der Waals surface area contributed by atoms with E-state index in [1.54, 1.807) is 5.48 Å². The van der Waals surface area contributed by atoms with Crippen molar-refractivity contribution in [2.75, 3.05) is 5.48 Å². The molecular weight excluding hydrogens is 212 g/mol. The quantitative estimate of drug-likeness (QED) is 0.566. The summed E-state index contributed by atoms with van der Waals surface area (Å²) in [6, 6.07) is 5.60. The lowest BCUT2D eigenvalue weighted by molar-refractivity contribution is 0.0697. The van der Waals surface area contributed by atoms with Crippen LogP contribution in [0.15, 0.2) is 29.1 Å². The van der Waals surface area contributed by atoms with Crippen molar-refractivity contribution < 1.29 is 15.1 Å². The number of carboxylic acids is 1. The molecule has 0 unspecified atom stereocenters. The maximum absolute atomic E-state index is 11.5. The van der Waals surface area contributed by atoms with Crippen molar-refractivity contribution in [2.45, 2.75) is 0 Å². The molecule has 6 heteroatoms. The van der Waals surface area contributed by atoms with Crippen LogP contribution in [-0.4, -0.2) is 21.3 Å². The summed E-state index contributed by atoms with van der Waals surface area (Å²) in [4.78, 5) is 24.6. The minimum absolute atomic E-state index is 0.0852. The Morgan fingerprint density at radius 2 is 2.06 bits per heavy atom. The van der Waals surface area contributed by atoms with E-state index in [1.807, 2.05) is 0 Å². The number of aromatic amines is 1. The van der Waals surface area contributed by atoms with Crippen molar-refractivity contribution in [1.82, 2.24) is 4.98 Å². The normalized spacial score (nSPS) is 10.3. The Kier molecular flexibility index (Phi) is 2.34. The highest BCUT2D eigenvalue weighted by Crippen LogP contribution is 2.15. The number of hydrogen-bond acceptors (Lipinski definition) is 4. The van der Waals surface area contributed by atoms with Crippen molar-refractivity contribution in [3.8, 4) is 0 Å². The van der Waals surface area contributed by atoms with Crippen LogP contribution in [0.5, 0.6) is 0 Å². The fourth-order valence-corrected chi connectivity index (χ4v) is 1.46. The van der Waals surface area contributed by atoms with Crippen LogP contribution < -0.4 is 11.0 Å². The third-order valence-corrected chi connectivity index (χ3v) is 2.21. The molecule has 16 heavy (non-hydrogen) atoms. The van der Waals surface area contributed by atoms with Gasteiger partial charge in [0.05, 0.1) is 5.56 Å². The third kappa shape index (κ3) is 1.61. The summed E-state index contributed by atoms with van der Waals surface area (Å²) < 4.78 is 0. The minimum atomic E-state index is -1.07. The number of anilines is 1. The van der Waals surface area contributed by atoms with E-state index in [0.717, 1.165) is 0 Å². The van der Waals surface area contributed by atoms with Crippen LogP contribution in [0.3, 0.4) is 0 Å². The monoisotopic (exact) mass is 220 g/mol. The van der Waals surface area contributed by atoms with Gasteiger partial charge in [-0.15, -0.1) is 0 Å². The number of H-pyrrole nitrogens is 1. The molecule has 2 rings (SSSR count). The fraction of sp³-hybridized carbons (Fsp3) is 0. The van der Waals surface area contributed by atoms with Gasteiger partial charge in [0.15, 0.2) is 0 Å². The molecule has 0 atom stereocenters. The lowest BCUT2D eigenvalue weighted by Gasteiger charge is -2.02. The van der Waals surface area contributed by atoms with Crippen LogP contribution in [0.4, 0.5) is 5.82 Å². The van der Waals surface area contributed by atoms with E-state index in [4.69, 9.17) is 10.3 Å². The maximum atomic E-state index is 11.5. The highest BCUT2D eigenvalue weighted by molar-refractivity contribution is 5.94. The lowest BCUT2D eigenvalue weighted by Crippen LogP contribution is -2.09. The first-order valence-corrected chi connectivity index (χ1v) is 4.42. The molecule has 2 aromatic rings. The van der Waals surface area contributed by atoms with E-state index >= 15 is 0 Å². The first-order valence-electron chi connectivity index (χ1n) is 4.42. The molecule has 0 bridgehead atoms. The van der Waals surface area contributed by atoms with Gasteiger partial charge in [-0.3, -0.25) is 15.5 Å². The molecule has 0 radical (unpaired) electrons. The number of carbonyl (C=O) groups is 1. The van der Waals surface area contributed by atoms with Crippen LogP contribution >= 0.6 is 0 Å². The number of pyridine rings is 1. The van der Waals surface area contributed by atoms with E-state index < -0.39 is 11.5 Å². The highest BCUT2D eigenvalue weighted by atomic mass is 16.5. The molecule has 0 saturated carbocycles. The molecule has 6 nitrogen and oxygen atoms in total. The smallest absolute Gasteiger partial charge is 0.335 e. The van der Waals surface area contributed by atoms with E-state index in [2.05, 4.69) is 4.98 Å². The zero-order valence-corrected chi connectivity index (χ0v) is 8.02. The summed E-state index contributed by atoms with van der Waals surface area (Å²) in [6.45, 7) is 0. The number of benzene rings is 1. The van der Waals surface area contributed by atoms with Crippen molar-refractivity contribution in [3.63, 3.8) is 0 Å². The molecule has 0 spiro atoms. The van der Waals surface area contributed by atoms with Gasteiger partial charge in [0.1, 0.15) is 5.82 Å². The van der Waals surface area contributed by atoms with Gasteiger partial charge >= 0.3 is 5.97 Å². The second kappa shape index (κ2) is 3.67. The molecular formula is C10H8N2O4. The van der Waals surface area contributed by atoms with Crippen LogP contribution in [0.2, 0.25) is 0 Å². The van der Waals surface area contributed by atoms with Gasteiger partial charge in [-0.1, -0.05) is 0 Å². The second-order valence-electron chi connectivity index (χ2n) is 3.23. The topological polar surface area (TPSA) is 102 Å². The Bertz CT molecular complexity index is 618. The molecule has 0 amide bonds. The van der Waals surface area contributed by atoms with Crippen molar-refractivity contribution in [1.29, 1.82) is 0 Å². The van der Waals surface area contributed by atoms with E-state index in [9.17, 15) is 9.59 Å². The Labute approximate surface area is 89.1 Å². The summed E-state index contributed by atoms with van der Waals surface area (Å²) in [5.41, 5.74) is 1.49. The summed E-state index contributed by atoms with van der Waals surface area (Å²) in [5, 5.41) is 18.3. The Hall–Kier alpha value is -2.34. The molecule has 4 N–H and O–H groups in total. The van der Waals surface area contributed by atoms with Crippen LogP contribution in [-0.2, 0) is 0 Å². The molecule has 1 heterocycles. The van der Waals surface area contributed by atoms with Crippen LogP contribution in [0.1, 0.15) is 10.4 Å². The number of fused-ring (bicyclic) bond motifs is 1. The van der Waals surface area contributed by atoms with Gasteiger partial charge in [-0.05, 0) is 29.7 Å². The number of hydrogen-bond donors (Lipinski definition) is 4. The van der Waals surface area contributed by atoms with E-state index in [1.165, 1.54) is 24.3 Å².